The molecule has 1 heterocycles. The molecule has 0 aromatic heterocycles. The third kappa shape index (κ3) is 5.32. The van der Waals surface area contributed by atoms with Crippen molar-refractivity contribution in [3.8, 4) is 0 Å². The third-order valence-corrected chi connectivity index (χ3v) is 5.20. The minimum Gasteiger partial charge on any atom is -0.334 e. The van der Waals surface area contributed by atoms with Gasteiger partial charge in [0.2, 0.25) is 0 Å². The first-order valence-electron chi connectivity index (χ1n) is 10.9. The Kier molecular flexibility index (Phi) is 7.59. The zero-order valence-electron chi connectivity index (χ0n) is 18.9. The summed E-state index contributed by atoms with van der Waals surface area (Å²) in [7, 11) is 0. The van der Waals surface area contributed by atoms with Gasteiger partial charge >= 0.3 is 12.1 Å². The number of carbonyl (C=O) groups is 2. The average Bonchev–Trinajstić information content (AvgIpc) is 2.83. The van der Waals surface area contributed by atoms with E-state index >= 15 is 0 Å². The highest BCUT2D eigenvalue weighted by Gasteiger charge is 2.33. The smallest absolute Gasteiger partial charge is 0.334 e. The maximum atomic E-state index is 13.1. The monoisotopic (exact) mass is 434 g/mol. The number of hydrogen-bond donors (Lipinski definition) is 2. The van der Waals surface area contributed by atoms with Gasteiger partial charge in [-0.25, -0.2) is 9.59 Å². The summed E-state index contributed by atoms with van der Waals surface area (Å²) in [6, 6.07) is 17.6. The summed E-state index contributed by atoms with van der Waals surface area (Å²) >= 11 is 0. The highest BCUT2D eigenvalue weighted by atomic mass is 16.2. The van der Waals surface area contributed by atoms with E-state index in [0.29, 0.717) is 11.1 Å². The van der Waals surface area contributed by atoms with Crippen molar-refractivity contribution >= 4 is 23.7 Å². The topological polar surface area (TPSA) is 89.4 Å². The van der Waals surface area contributed by atoms with E-state index < -0.39 is 12.1 Å². The quantitative estimate of drug-likeness (QED) is 0.708. The van der Waals surface area contributed by atoms with Crippen LogP contribution in [0.1, 0.15) is 51.7 Å². The first-order valence-corrected chi connectivity index (χ1v) is 10.9. The number of hydrogen-bond acceptors (Lipinski definition) is 4. The molecule has 4 amide bonds. The molecule has 2 aromatic rings. The van der Waals surface area contributed by atoms with Crippen LogP contribution in [-0.2, 0) is 0 Å². The number of benzene rings is 2. The fourth-order valence-electron chi connectivity index (χ4n) is 2.93. The van der Waals surface area contributed by atoms with Crippen LogP contribution < -0.4 is 10.6 Å². The predicted octanol–water partition coefficient (Wildman–Crippen LogP) is 4.34. The fraction of sp³-hybridized carbons (Fsp3) is 0.333. The Morgan fingerprint density at radius 2 is 1.06 bits per heavy atom. The molecule has 8 heteroatoms. The average molecular weight is 435 g/mol. The number of nitrogens with zero attached hydrogens (tertiary/aromatic N) is 4. The Morgan fingerprint density at radius 1 is 0.719 bits per heavy atom. The van der Waals surface area contributed by atoms with Gasteiger partial charge in [-0.15, -0.1) is 10.2 Å². The molecular formula is C24H30N6O2. The van der Waals surface area contributed by atoms with E-state index in [9.17, 15) is 9.59 Å². The molecule has 0 fully saturated rings. The molecular weight excluding hydrogens is 404 g/mol. The molecule has 8 nitrogen and oxygen atoms in total. The minimum atomic E-state index is -0.405. The molecule has 0 bridgehead atoms. The van der Waals surface area contributed by atoms with Crippen molar-refractivity contribution in [2.45, 2.75) is 52.6 Å². The van der Waals surface area contributed by atoms with Gasteiger partial charge in [-0.2, -0.15) is 10.0 Å². The molecule has 0 radical (unpaired) electrons. The summed E-state index contributed by atoms with van der Waals surface area (Å²) in [4.78, 5) is 26.3. The fourth-order valence-corrected chi connectivity index (χ4v) is 2.93. The molecule has 0 spiro atoms. The molecule has 1 aliphatic heterocycles. The lowest BCUT2D eigenvalue weighted by atomic mass is 10.2. The van der Waals surface area contributed by atoms with Gasteiger partial charge in [-0.05, 0) is 26.7 Å². The van der Waals surface area contributed by atoms with E-state index in [4.69, 9.17) is 0 Å². The van der Waals surface area contributed by atoms with Crippen molar-refractivity contribution in [3.63, 3.8) is 0 Å². The third-order valence-electron chi connectivity index (χ3n) is 5.20. The maximum Gasteiger partial charge on any atom is 0.344 e. The second-order valence-electron chi connectivity index (χ2n) is 7.72. The van der Waals surface area contributed by atoms with Crippen LogP contribution >= 0.6 is 0 Å². The van der Waals surface area contributed by atoms with E-state index in [2.05, 4.69) is 20.8 Å². The Hall–Kier alpha value is -3.68. The van der Waals surface area contributed by atoms with E-state index in [1.54, 1.807) is 0 Å². The van der Waals surface area contributed by atoms with Crippen LogP contribution in [0, 0.1) is 0 Å². The molecule has 2 unspecified atom stereocenters. The first kappa shape index (κ1) is 23.0. The molecule has 2 aromatic carbocycles. The first-order chi connectivity index (χ1) is 15.4. The summed E-state index contributed by atoms with van der Waals surface area (Å²) in [6.07, 6.45) is 1.55. The Bertz CT molecular complexity index is 909. The second kappa shape index (κ2) is 10.6. The van der Waals surface area contributed by atoms with Crippen molar-refractivity contribution in [3.05, 3.63) is 71.8 Å². The predicted molar refractivity (Wildman–Crippen MR) is 126 cm³/mol. The summed E-state index contributed by atoms with van der Waals surface area (Å²) in [6.45, 7) is 7.84. The van der Waals surface area contributed by atoms with Gasteiger partial charge in [-0.3, -0.25) is 0 Å². The molecule has 2 N–H and O–H groups in total. The van der Waals surface area contributed by atoms with E-state index in [-0.39, 0.29) is 23.8 Å². The molecule has 168 valence electrons. The zero-order valence-corrected chi connectivity index (χ0v) is 18.9. The van der Waals surface area contributed by atoms with E-state index in [1.165, 1.54) is 10.0 Å². The molecule has 2 atom stereocenters. The standard InChI is InChI=1S/C24H30N6O2/c1-5-17(3)25-23(31)29-21(19-13-9-7-10-14-19)28-30(24(32)26-18(4)6-2)22(27-29)20-15-11-8-12-16-20/h7-18H,5-6H2,1-4H3,(H,25,31)(H,26,32). The number of nitrogens with one attached hydrogen (secondary N) is 2. The number of urea groups is 2. The van der Waals surface area contributed by atoms with Crippen LogP contribution in [0.2, 0.25) is 0 Å². The number of hydrazone groups is 2. The van der Waals surface area contributed by atoms with Gasteiger partial charge in [0.15, 0.2) is 11.7 Å². The Balaban J connectivity index is 2.10. The lowest BCUT2D eigenvalue weighted by Crippen LogP contribution is -2.52. The largest absolute Gasteiger partial charge is 0.344 e. The van der Waals surface area contributed by atoms with Crippen molar-refractivity contribution in [1.29, 1.82) is 0 Å². The number of amidine groups is 2. The van der Waals surface area contributed by atoms with Crippen molar-refractivity contribution < 1.29 is 9.59 Å². The van der Waals surface area contributed by atoms with Crippen LogP contribution in [-0.4, -0.2) is 45.8 Å². The van der Waals surface area contributed by atoms with Gasteiger partial charge < -0.3 is 10.6 Å². The van der Waals surface area contributed by atoms with Gasteiger partial charge in [-0.1, -0.05) is 74.5 Å². The zero-order chi connectivity index (χ0) is 23.1. The highest BCUT2D eigenvalue weighted by Crippen LogP contribution is 2.19. The molecule has 3 rings (SSSR count). The van der Waals surface area contributed by atoms with E-state index in [1.807, 2.05) is 88.4 Å². The molecule has 32 heavy (non-hydrogen) atoms. The SMILES string of the molecule is CCC(C)NC(=O)N1N=C(c2ccccc2)N(C(=O)NC(C)CC)N=C1c1ccccc1. The van der Waals surface area contributed by atoms with Gasteiger partial charge in [0, 0.05) is 23.2 Å². The molecule has 0 aliphatic carbocycles. The second-order valence-corrected chi connectivity index (χ2v) is 7.72. The Morgan fingerprint density at radius 3 is 1.38 bits per heavy atom. The maximum absolute atomic E-state index is 13.1. The normalized spacial score (nSPS) is 15.4. The van der Waals surface area contributed by atoms with Crippen molar-refractivity contribution in [2.75, 3.05) is 0 Å². The van der Waals surface area contributed by atoms with Gasteiger partial charge in [0.1, 0.15) is 0 Å². The summed E-state index contributed by atoms with van der Waals surface area (Å²) in [5.41, 5.74) is 1.34. The minimum absolute atomic E-state index is 0.0402. The van der Waals surface area contributed by atoms with E-state index in [0.717, 1.165) is 12.8 Å². The Labute approximate surface area is 189 Å². The summed E-state index contributed by atoms with van der Waals surface area (Å²) in [5.74, 6) is 0.538. The molecule has 0 saturated carbocycles. The van der Waals surface area contributed by atoms with Crippen LogP contribution in [0.25, 0.3) is 0 Å². The number of rotatable bonds is 6. The number of amides is 4. The van der Waals surface area contributed by atoms with Crippen LogP contribution in [0.15, 0.2) is 70.9 Å². The highest BCUT2D eigenvalue weighted by molar-refractivity contribution is 6.15. The molecule has 1 aliphatic rings. The van der Waals surface area contributed by atoms with Crippen molar-refractivity contribution in [1.82, 2.24) is 20.7 Å². The van der Waals surface area contributed by atoms with Gasteiger partial charge in [0.25, 0.3) is 0 Å². The molecule has 0 saturated heterocycles. The lowest BCUT2D eigenvalue weighted by Gasteiger charge is -2.31. The van der Waals surface area contributed by atoms with Crippen LogP contribution in [0.4, 0.5) is 9.59 Å². The number of carbonyl (C=O) groups excluding carboxylic acids is 2. The van der Waals surface area contributed by atoms with Crippen LogP contribution in [0.5, 0.6) is 0 Å². The van der Waals surface area contributed by atoms with Crippen LogP contribution in [0.3, 0.4) is 0 Å². The lowest BCUT2D eigenvalue weighted by molar-refractivity contribution is 0.207. The van der Waals surface area contributed by atoms with Gasteiger partial charge in [0.05, 0.1) is 0 Å². The summed E-state index contributed by atoms with van der Waals surface area (Å²) < 4.78 is 0. The summed E-state index contributed by atoms with van der Waals surface area (Å²) in [5, 5.41) is 17.5. The van der Waals surface area contributed by atoms with Crippen molar-refractivity contribution in [2.24, 2.45) is 10.2 Å².